The Morgan fingerprint density at radius 1 is 1.13 bits per heavy atom. The van der Waals surface area contributed by atoms with Crippen molar-refractivity contribution in [1.29, 1.82) is 0 Å². The maximum atomic E-state index is 13.4. The van der Waals surface area contributed by atoms with Crippen molar-refractivity contribution in [3.8, 4) is 10.8 Å². The van der Waals surface area contributed by atoms with Gasteiger partial charge in [-0.2, -0.15) is 0 Å². The van der Waals surface area contributed by atoms with Crippen molar-refractivity contribution in [3.05, 3.63) is 68.9 Å². The van der Waals surface area contributed by atoms with Crippen molar-refractivity contribution in [2.45, 2.75) is 46.5 Å². The average Bonchev–Trinajstić information content (AvgIpc) is 3.38. The molecule has 2 N–H and O–H groups in total. The molecule has 3 aromatic rings. The first-order chi connectivity index (χ1) is 18.2. The number of fused-ring (bicyclic) bond motifs is 1. The fourth-order valence-corrected chi connectivity index (χ4v) is 6.57. The summed E-state index contributed by atoms with van der Waals surface area (Å²) in [6.45, 7) is 6.01. The summed E-state index contributed by atoms with van der Waals surface area (Å²) in [4.78, 5) is 53.0. The van der Waals surface area contributed by atoms with Crippen LogP contribution in [0, 0.1) is 13.8 Å². The summed E-state index contributed by atoms with van der Waals surface area (Å²) in [6.07, 6.45) is 5.06. The van der Waals surface area contributed by atoms with Gasteiger partial charge >= 0.3 is 12.0 Å². The van der Waals surface area contributed by atoms with Gasteiger partial charge in [-0.1, -0.05) is 0 Å². The first-order valence-corrected chi connectivity index (χ1v) is 13.2. The normalized spacial score (nSPS) is 16.6. The van der Waals surface area contributed by atoms with E-state index in [2.05, 4.69) is 5.32 Å². The minimum absolute atomic E-state index is 0.192. The van der Waals surface area contributed by atoms with Gasteiger partial charge in [0.2, 0.25) is 0 Å². The molecule has 5 rings (SSSR count). The lowest BCUT2D eigenvalue weighted by atomic mass is 9.95. The largest absolute Gasteiger partial charge is 0.494 e. The standard InChI is InChI=1S/C28H27N3O6S/c1-4-37-19-11-9-18(10-12-19)31-25(33)21(24(32)29-28(31)36)14-17-13-15(2)30(16(17)3)26-23(27(34)35)20-7-5-6-8-22(20)38-26/h9-14H,4-8H2,1-3H3,(H,34,35)(H,29,32,36)/b21-14+. The van der Waals surface area contributed by atoms with E-state index in [1.54, 1.807) is 24.3 Å². The van der Waals surface area contributed by atoms with Crippen molar-refractivity contribution in [1.82, 2.24) is 9.88 Å². The molecule has 1 saturated heterocycles. The Kier molecular flexibility index (Phi) is 6.66. The van der Waals surface area contributed by atoms with E-state index in [9.17, 15) is 24.3 Å². The topological polar surface area (TPSA) is 118 Å². The smallest absolute Gasteiger partial charge is 0.339 e. The van der Waals surface area contributed by atoms with Crippen molar-refractivity contribution >= 4 is 46.9 Å². The highest BCUT2D eigenvalue weighted by Gasteiger charge is 2.37. The molecule has 196 valence electrons. The lowest BCUT2D eigenvalue weighted by Gasteiger charge is -2.26. The molecule has 9 nitrogen and oxygen atoms in total. The molecule has 1 aromatic carbocycles. The zero-order chi connectivity index (χ0) is 27.1. The van der Waals surface area contributed by atoms with Gasteiger partial charge in [-0.15, -0.1) is 11.3 Å². The lowest BCUT2D eigenvalue weighted by molar-refractivity contribution is -0.122. The number of rotatable bonds is 6. The number of nitrogens with one attached hydrogen (secondary N) is 1. The number of aryl methyl sites for hydroxylation is 2. The van der Waals surface area contributed by atoms with Crippen LogP contribution in [0.5, 0.6) is 5.75 Å². The molecule has 38 heavy (non-hydrogen) atoms. The number of barbiturate groups is 1. The van der Waals surface area contributed by atoms with Gasteiger partial charge in [0.05, 0.1) is 17.9 Å². The molecule has 1 aliphatic carbocycles. The SMILES string of the molecule is CCOc1ccc(N2C(=O)NC(=O)/C(=C\c3cc(C)n(-c4sc5c(c4C(=O)O)CCCC5)c3C)C2=O)cc1. The number of carbonyl (C=O) groups is 4. The molecule has 0 spiro atoms. The Bertz CT molecular complexity index is 1510. The van der Waals surface area contributed by atoms with Gasteiger partial charge in [-0.25, -0.2) is 14.5 Å². The summed E-state index contributed by atoms with van der Waals surface area (Å²) < 4.78 is 7.30. The first kappa shape index (κ1) is 25.5. The number of urea groups is 1. The summed E-state index contributed by atoms with van der Waals surface area (Å²) in [5, 5.41) is 12.9. The van der Waals surface area contributed by atoms with Crippen LogP contribution in [0.15, 0.2) is 35.9 Å². The lowest BCUT2D eigenvalue weighted by Crippen LogP contribution is -2.54. The molecule has 0 radical (unpaired) electrons. The predicted molar refractivity (Wildman–Crippen MR) is 143 cm³/mol. The van der Waals surface area contributed by atoms with E-state index in [0.29, 0.717) is 39.9 Å². The number of aromatic carboxylic acids is 1. The first-order valence-electron chi connectivity index (χ1n) is 12.4. The number of ether oxygens (including phenoxy) is 1. The van der Waals surface area contributed by atoms with E-state index in [0.717, 1.165) is 46.7 Å². The summed E-state index contributed by atoms with van der Waals surface area (Å²) in [5.41, 5.74) is 3.40. The van der Waals surface area contributed by atoms with E-state index in [1.165, 1.54) is 17.4 Å². The van der Waals surface area contributed by atoms with Crippen molar-refractivity contribution < 1.29 is 29.0 Å². The molecule has 4 amide bonds. The van der Waals surface area contributed by atoms with E-state index < -0.39 is 23.8 Å². The quantitative estimate of drug-likeness (QED) is 0.347. The summed E-state index contributed by atoms with van der Waals surface area (Å²) in [5.74, 6) is -1.90. The second kappa shape index (κ2) is 9.94. The number of hydrogen-bond acceptors (Lipinski definition) is 6. The van der Waals surface area contributed by atoms with Crippen LogP contribution >= 0.6 is 11.3 Å². The molecule has 1 aliphatic heterocycles. The van der Waals surface area contributed by atoms with E-state index >= 15 is 0 Å². The predicted octanol–water partition coefficient (Wildman–Crippen LogP) is 4.80. The van der Waals surface area contributed by atoms with Crippen molar-refractivity contribution in [2.75, 3.05) is 11.5 Å². The minimum atomic E-state index is -0.960. The third kappa shape index (κ3) is 4.30. The number of aromatic nitrogens is 1. The van der Waals surface area contributed by atoms with E-state index in [1.807, 2.05) is 31.4 Å². The monoisotopic (exact) mass is 533 g/mol. The number of nitrogens with zero attached hydrogens (tertiary/aromatic N) is 2. The summed E-state index contributed by atoms with van der Waals surface area (Å²) in [6, 6.07) is 7.43. The summed E-state index contributed by atoms with van der Waals surface area (Å²) in [7, 11) is 0. The third-order valence-corrected chi connectivity index (χ3v) is 8.12. The Labute approximate surface area is 223 Å². The van der Waals surface area contributed by atoms with Crippen LogP contribution in [0.2, 0.25) is 0 Å². The Morgan fingerprint density at radius 3 is 2.53 bits per heavy atom. The molecule has 0 unspecified atom stereocenters. The number of imide groups is 2. The van der Waals surface area contributed by atoms with Gasteiger partial charge < -0.3 is 14.4 Å². The maximum absolute atomic E-state index is 13.4. The molecule has 1 fully saturated rings. The van der Waals surface area contributed by atoms with Gasteiger partial charge in [0.25, 0.3) is 11.8 Å². The summed E-state index contributed by atoms with van der Waals surface area (Å²) >= 11 is 1.49. The minimum Gasteiger partial charge on any atom is -0.494 e. The highest BCUT2D eigenvalue weighted by atomic mass is 32.1. The van der Waals surface area contributed by atoms with Crippen LogP contribution in [-0.2, 0) is 22.4 Å². The van der Waals surface area contributed by atoms with Gasteiger partial charge in [0, 0.05) is 16.3 Å². The Balaban J connectivity index is 1.54. The number of anilines is 1. The third-order valence-electron chi connectivity index (χ3n) is 6.85. The fourth-order valence-electron chi connectivity index (χ4n) is 5.08. The van der Waals surface area contributed by atoms with E-state index in [-0.39, 0.29) is 5.57 Å². The zero-order valence-corrected chi connectivity index (χ0v) is 22.1. The molecule has 0 saturated carbocycles. The number of carboxylic acids is 1. The molecule has 0 bridgehead atoms. The Morgan fingerprint density at radius 2 is 1.84 bits per heavy atom. The second-order valence-corrected chi connectivity index (χ2v) is 10.3. The maximum Gasteiger partial charge on any atom is 0.339 e. The molecule has 10 heteroatoms. The van der Waals surface area contributed by atoms with Crippen LogP contribution in [0.4, 0.5) is 10.5 Å². The van der Waals surface area contributed by atoms with Crippen LogP contribution < -0.4 is 15.0 Å². The van der Waals surface area contributed by atoms with Crippen LogP contribution in [-0.4, -0.2) is 40.1 Å². The second-order valence-electron chi connectivity index (χ2n) is 9.24. The number of hydrogen-bond donors (Lipinski definition) is 2. The fraction of sp³-hybridized carbons (Fsp3) is 0.286. The highest BCUT2D eigenvalue weighted by molar-refractivity contribution is 7.15. The van der Waals surface area contributed by atoms with E-state index in [4.69, 9.17) is 4.74 Å². The highest BCUT2D eigenvalue weighted by Crippen LogP contribution is 2.39. The van der Waals surface area contributed by atoms with Crippen LogP contribution in [0.3, 0.4) is 0 Å². The van der Waals surface area contributed by atoms with Gasteiger partial charge in [0.1, 0.15) is 16.3 Å². The molecule has 3 heterocycles. The molecule has 0 atom stereocenters. The number of benzene rings is 1. The number of amides is 4. The van der Waals surface area contributed by atoms with Gasteiger partial charge in [-0.05, 0) is 94.0 Å². The molecular weight excluding hydrogens is 506 g/mol. The molecular formula is C28H27N3O6S. The number of carbonyl (C=O) groups excluding carboxylic acids is 3. The molecule has 2 aliphatic rings. The zero-order valence-electron chi connectivity index (χ0n) is 21.3. The van der Waals surface area contributed by atoms with Crippen LogP contribution in [0.25, 0.3) is 11.1 Å². The average molecular weight is 534 g/mol. The van der Waals surface area contributed by atoms with Gasteiger partial charge in [-0.3, -0.25) is 14.9 Å². The number of thiophene rings is 1. The Hall–Kier alpha value is -4.18. The number of carboxylic acid groups (broad SMARTS) is 1. The van der Waals surface area contributed by atoms with Gasteiger partial charge in [0.15, 0.2) is 0 Å². The van der Waals surface area contributed by atoms with Crippen LogP contribution in [0.1, 0.15) is 57.5 Å². The molecule has 2 aromatic heterocycles. The van der Waals surface area contributed by atoms with Crippen molar-refractivity contribution in [2.24, 2.45) is 0 Å². The van der Waals surface area contributed by atoms with Crippen molar-refractivity contribution in [3.63, 3.8) is 0 Å².